The number of esters is 1. The number of hydrogen-bond acceptors (Lipinski definition) is 3. The molecule has 0 unspecified atom stereocenters. The van der Waals surface area contributed by atoms with Crippen molar-refractivity contribution in [3.63, 3.8) is 0 Å². The molecule has 3 nitrogen and oxygen atoms in total. The summed E-state index contributed by atoms with van der Waals surface area (Å²) in [6.07, 6.45) is -0.409. The Hall–Kier alpha value is -1.79. The fourth-order valence-corrected chi connectivity index (χ4v) is 2.17. The van der Waals surface area contributed by atoms with E-state index in [-0.39, 0.29) is 16.3 Å². The van der Waals surface area contributed by atoms with Gasteiger partial charge in [0.25, 0.3) is 0 Å². The normalized spacial score (nSPS) is 10.6. The van der Waals surface area contributed by atoms with E-state index in [4.69, 9.17) is 23.2 Å². The number of rotatable bonds is 3. The average molecular weight is 350 g/mol. The van der Waals surface area contributed by atoms with Gasteiger partial charge >= 0.3 is 5.97 Å². The molecule has 0 aliphatic carbocycles. The van der Waals surface area contributed by atoms with Crippen molar-refractivity contribution in [1.29, 1.82) is 0 Å². The topological polar surface area (TPSA) is 39.2 Å². The minimum absolute atomic E-state index is 0.123. The number of nitrogens with zero attached hydrogens (tertiary/aromatic N) is 1. The minimum atomic E-state index is -1.06. The molecule has 0 aliphatic rings. The third-order valence-electron chi connectivity index (χ3n) is 2.83. The zero-order valence-electron chi connectivity index (χ0n) is 11.1. The first kappa shape index (κ1) is 16.6. The lowest BCUT2D eigenvalue weighted by Gasteiger charge is -2.10. The van der Waals surface area contributed by atoms with Crippen LogP contribution >= 0.6 is 23.2 Å². The molecule has 0 radical (unpaired) electrons. The molecule has 0 spiro atoms. The Kier molecular flexibility index (Phi) is 4.93. The molecule has 2 rings (SSSR count). The number of pyridine rings is 1. The highest BCUT2D eigenvalue weighted by Crippen LogP contribution is 2.31. The molecular formula is C14H8Cl2F3NO2. The van der Waals surface area contributed by atoms with Crippen molar-refractivity contribution < 1.29 is 22.7 Å². The molecule has 0 saturated heterocycles. The van der Waals surface area contributed by atoms with Gasteiger partial charge in [0.15, 0.2) is 5.82 Å². The van der Waals surface area contributed by atoms with Crippen molar-refractivity contribution in [2.75, 3.05) is 7.11 Å². The highest BCUT2D eigenvalue weighted by Gasteiger charge is 2.20. The summed E-state index contributed by atoms with van der Waals surface area (Å²) in [5, 5.41) is -0.553. The molecule has 1 aromatic heterocycles. The fourth-order valence-electron chi connectivity index (χ4n) is 1.79. The van der Waals surface area contributed by atoms with Crippen LogP contribution in [-0.2, 0) is 16.0 Å². The van der Waals surface area contributed by atoms with Gasteiger partial charge in [-0.2, -0.15) is 0 Å². The largest absolute Gasteiger partial charge is 0.469 e. The first-order chi connectivity index (χ1) is 10.3. The third-order valence-corrected chi connectivity index (χ3v) is 3.31. The number of ether oxygens (including phenoxy) is 1. The van der Waals surface area contributed by atoms with Gasteiger partial charge in [-0.05, 0) is 12.1 Å². The second-order valence-corrected chi connectivity index (χ2v) is 5.06. The average Bonchev–Trinajstić information content (AvgIpc) is 2.46. The second-order valence-electron chi connectivity index (χ2n) is 4.27. The van der Waals surface area contributed by atoms with Crippen LogP contribution in [0.5, 0.6) is 0 Å². The number of benzene rings is 1. The van der Waals surface area contributed by atoms with Gasteiger partial charge in [-0.15, -0.1) is 0 Å². The first-order valence-corrected chi connectivity index (χ1v) is 6.65. The standard InChI is InChI=1S/C14H8Cl2F3NO2/c1-22-12(21)3-6-2-11(16)20-14(13(6)19)7-4-8(15)10(18)5-9(7)17/h2,4-5H,3H2,1H3. The molecular weight excluding hydrogens is 342 g/mol. The summed E-state index contributed by atoms with van der Waals surface area (Å²) in [5.74, 6) is -3.71. The van der Waals surface area contributed by atoms with Crippen LogP contribution in [0, 0.1) is 17.5 Å². The molecule has 0 bridgehead atoms. The Bertz CT molecular complexity index is 753. The molecule has 0 N–H and O–H groups in total. The predicted octanol–water partition coefficient (Wildman–Crippen LogP) is 4.19. The van der Waals surface area contributed by atoms with E-state index in [9.17, 15) is 18.0 Å². The zero-order chi connectivity index (χ0) is 16.4. The molecule has 1 aromatic carbocycles. The summed E-state index contributed by atoms with van der Waals surface area (Å²) < 4.78 is 45.9. The highest BCUT2D eigenvalue weighted by molar-refractivity contribution is 6.31. The lowest BCUT2D eigenvalue weighted by Crippen LogP contribution is -2.08. The van der Waals surface area contributed by atoms with Gasteiger partial charge in [-0.25, -0.2) is 18.2 Å². The van der Waals surface area contributed by atoms with E-state index in [1.54, 1.807) is 0 Å². The first-order valence-electron chi connectivity index (χ1n) is 5.90. The number of carbonyl (C=O) groups excluding carboxylic acids is 1. The maximum Gasteiger partial charge on any atom is 0.310 e. The maximum atomic E-state index is 14.4. The van der Waals surface area contributed by atoms with E-state index in [1.807, 2.05) is 0 Å². The van der Waals surface area contributed by atoms with Gasteiger partial charge in [0, 0.05) is 17.2 Å². The SMILES string of the molecule is COC(=O)Cc1cc(Cl)nc(-c2cc(Cl)c(F)cc2F)c1F. The van der Waals surface area contributed by atoms with Gasteiger partial charge in [0.2, 0.25) is 0 Å². The van der Waals surface area contributed by atoms with Crippen LogP contribution in [0.25, 0.3) is 11.3 Å². The van der Waals surface area contributed by atoms with Gasteiger partial charge in [0.05, 0.1) is 18.6 Å². The van der Waals surface area contributed by atoms with Gasteiger partial charge < -0.3 is 4.74 Å². The van der Waals surface area contributed by atoms with E-state index in [0.717, 1.165) is 19.2 Å². The Labute approximate surface area is 133 Å². The molecule has 116 valence electrons. The van der Waals surface area contributed by atoms with E-state index < -0.39 is 40.6 Å². The van der Waals surface area contributed by atoms with Crippen molar-refractivity contribution in [2.24, 2.45) is 0 Å². The number of carbonyl (C=O) groups is 1. The summed E-state index contributed by atoms with van der Waals surface area (Å²) in [4.78, 5) is 14.9. The molecule has 0 saturated carbocycles. The van der Waals surface area contributed by atoms with Crippen molar-refractivity contribution in [1.82, 2.24) is 4.98 Å². The van der Waals surface area contributed by atoms with Crippen LogP contribution in [0.15, 0.2) is 18.2 Å². The highest BCUT2D eigenvalue weighted by atomic mass is 35.5. The van der Waals surface area contributed by atoms with E-state index >= 15 is 0 Å². The van der Waals surface area contributed by atoms with Gasteiger partial charge in [-0.3, -0.25) is 4.79 Å². The Morgan fingerprint density at radius 2 is 1.86 bits per heavy atom. The molecule has 22 heavy (non-hydrogen) atoms. The molecule has 0 fully saturated rings. The lowest BCUT2D eigenvalue weighted by molar-refractivity contribution is -0.139. The summed E-state index contributed by atoms with van der Waals surface area (Å²) >= 11 is 11.3. The summed E-state index contributed by atoms with van der Waals surface area (Å²) in [5.41, 5.74) is -0.954. The van der Waals surface area contributed by atoms with E-state index in [2.05, 4.69) is 9.72 Å². The van der Waals surface area contributed by atoms with Crippen LogP contribution < -0.4 is 0 Å². The number of methoxy groups -OCH3 is 1. The minimum Gasteiger partial charge on any atom is -0.469 e. The molecule has 0 atom stereocenters. The maximum absolute atomic E-state index is 14.4. The number of halogens is 5. The lowest BCUT2D eigenvalue weighted by atomic mass is 10.1. The van der Waals surface area contributed by atoms with Crippen LogP contribution in [0.3, 0.4) is 0 Å². The van der Waals surface area contributed by atoms with Crippen molar-refractivity contribution in [3.8, 4) is 11.3 Å². The molecule has 2 aromatic rings. The fraction of sp³-hybridized carbons (Fsp3) is 0.143. The van der Waals surface area contributed by atoms with Crippen LogP contribution in [0.4, 0.5) is 13.2 Å². The Morgan fingerprint density at radius 1 is 1.18 bits per heavy atom. The smallest absolute Gasteiger partial charge is 0.310 e. The Morgan fingerprint density at radius 3 is 2.50 bits per heavy atom. The third kappa shape index (κ3) is 3.34. The Balaban J connectivity index is 2.61. The molecule has 0 aliphatic heterocycles. The summed E-state index contributed by atoms with van der Waals surface area (Å²) in [7, 11) is 1.14. The van der Waals surface area contributed by atoms with Crippen molar-refractivity contribution in [2.45, 2.75) is 6.42 Å². The summed E-state index contributed by atoms with van der Waals surface area (Å²) in [6, 6.07) is 2.54. The van der Waals surface area contributed by atoms with Crippen molar-refractivity contribution >= 4 is 29.2 Å². The quantitative estimate of drug-likeness (QED) is 0.473. The van der Waals surface area contributed by atoms with Gasteiger partial charge in [0.1, 0.15) is 22.5 Å². The van der Waals surface area contributed by atoms with Crippen LogP contribution in [-0.4, -0.2) is 18.1 Å². The predicted molar refractivity (Wildman–Crippen MR) is 75.3 cm³/mol. The van der Waals surface area contributed by atoms with Crippen LogP contribution in [0.2, 0.25) is 10.2 Å². The van der Waals surface area contributed by atoms with E-state index in [0.29, 0.717) is 6.07 Å². The number of aromatic nitrogens is 1. The molecule has 1 heterocycles. The monoisotopic (exact) mass is 349 g/mol. The molecule has 8 heteroatoms. The zero-order valence-corrected chi connectivity index (χ0v) is 12.6. The second kappa shape index (κ2) is 6.54. The van der Waals surface area contributed by atoms with E-state index in [1.165, 1.54) is 0 Å². The van der Waals surface area contributed by atoms with Crippen LogP contribution in [0.1, 0.15) is 5.56 Å². The molecule has 0 amide bonds. The summed E-state index contributed by atoms with van der Waals surface area (Å²) in [6.45, 7) is 0. The van der Waals surface area contributed by atoms with Gasteiger partial charge in [-0.1, -0.05) is 23.2 Å². The van der Waals surface area contributed by atoms with Crippen molar-refractivity contribution in [3.05, 3.63) is 51.4 Å². The number of hydrogen-bond donors (Lipinski definition) is 0.